The summed E-state index contributed by atoms with van der Waals surface area (Å²) >= 11 is 0. The van der Waals surface area contributed by atoms with Crippen molar-refractivity contribution in [1.29, 1.82) is 0 Å². The average Bonchev–Trinajstić information content (AvgIpc) is 2.79. The van der Waals surface area contributed by atoms with Crippen LogP contribution in [0, 0.1) is 0 Å². The molecule has 1 aliphatic rings. The Hall–Kier alpha value is -2.38. The monoisotopic (exact) mass is 261 g/mol. The molecular weight excluding hydrogens is 246 g/mol. The molecule has 3 N–H and O–H groups in total. The number of carbonyl (C=O) groups excluding carboxylic acids is 1. The number of aromatic nitrogens is 4. The maximum atomic E-state index is 11.7. The summed E-state index contributed by atoms with van der Waals surface area (Å²) in [4.78, 5) is 29.5. The molecule has 0 spiro atoms. The predicted molar refractivity (Wildman–Crippen MR) is 71.1 cm³/mol. The van der Waals surface area contributed by atoms with Gasteiger partial charge in [0.25, 0.3) is 0 Å². The Bertz CT molecular complexity index is 608. The molecule has 1 fully saturated rings. The van der Waals surface area contributed by atoms with E-state index in [-0.39, 0.29) is 5.91 Å². The molecule has 2 aromatic rings. The van der Waals surface area contributed by atoms with Gasteiger partial charge in [-0.2, -0.15) is 9.97 Å². The Labute approximate surface area is 109 Å². The van der Waals surface area contributed by atoms with E-state index in [1.165, 1.54) is 0 Å². The maximum absolute atomic E-state index is 11.7. The lowest BCUT2D eigenvalue weighted by Gasteiger charge is -2.20. The van der Waals surface area contributed by atoms with Gasteiger partial charge in [-0.05, 0) is 6.42 Å². The summed E-state index contributed by atoms with van der Waals surface area (Å²) in [5.41, 5.74) is 1.35. The van der Waals surface area contributed by atoms with E-state index in [9.17, 15) is 4.79 Å². The quantitative estimate of drug-likeness (QED) is 0.687. The zero-order valence-electron chi connectivity index (χ0n) is 10.6. The van der Waals surface area contributed by atoms with Crippen LogP contribution in [0.3, 0.4) is 0 Å². The maximum Gasteiger partial charge on any atom is 0.239 e. The van der Waals surface area contributed by atoms with Crippen molar-refractivity contribution in [2.45, 2.75) is 6.42 Å². The van der Waals surface area contributed by atoms with E-state index in [1.807, 2.05) is 4.90 Å². The smallest absolute Gasteiger partial charge is 0.239 e. The number of rotatable bonds is 2. The molecule has 1 aliphatic heterocycles. The molecule has 100 valence electrons. The minimum Gasteiger partial charge on any atom is -0.357 e. The lowest BCUT2D eigenvalue weighted by Crippen LogP contribution is -2.33. The summed E-state index contributed by atoms with van der Waals surface area (Å²) in [7, 11) is 1.76. The molecule has 0 atom stereocenters. The van der Waals surface area contributed by atoms with Crippen LogP contribution in [-0.2, 0) is 4.79 Å². The Balaban J connectivity index is 2.06. The van der Waals surface area contributed by atoms with Crippen molar-refractivity contribution >= 4 is 28.8 Å². The Morgan fingerprint density at radius 3 is 3.16 bits per heavy atom. The fourth-order valence-electron chi connectivity index (χ4n) is 2.15. The molecule has 1 saturated heterocycles. The van der Waals surface area contributed by atoms with Crippen LogP contribution in [-0.4, -0.2) is 52.5 Å². The molecule has 19 heavy (non-hydrogen) atoms. The number of anilines is 2. The molecule has 2 aromatic heterocycles. The van der Waals surface area contributed by atoms with Crippen LogP contribution in [0.2, 0.25) is 0 Å². The third kappa shape index (κ3) is 2.16. The molecule has 0 aromatic carbocycles. The zero-order valence-corrected chi connectivity index (χ0v) is 10.6. The first-order chi connectivity index (χ1) is 9.28. The second kappa shape index (κ2) is 4.71. The second-order valence-electron chi connectivity index (χ2n) is 4.35. The van der Waals surface area contributed by atoms with Crippen LogP contribution in [0.1, 0.15) is 6.42 Å². The summed E-state index contributed by atoms with van der Waals surface area (Å²) in [6, 6.07) is 0. The SMILES string of the molecule is CNc1nc(N2CCCNC(=O)C2)c2[nH]cnc2n1. The average molecular weight is 261 g/mol. The topological polar surface area (TPSA) is 98.8 Å². The van der Waals surface area contributed by atoms with Gasteiger partial charge in [0, 0.05) is 20.1 Å². The van der Waals surface area contributed by atoms with E-state index < -0.39 is 0 Å². The molecule has 3 heterocycles. The Morgan fingerprint density at radius 1 is 1.42 bits per heavy atom. The van der Waals surface area contributed by atoms with E-state index in [0.29, 0.717) is 30.5 Å². The molecule has 0 radical (unpaired) electrons. The molecule has 0 aliphatic carbocycles. The molecule has 0 bridgehead atoms. The zero-order chi connectivity index (χ0) is 13.2. The van der Waals surface area contributed by atoms with Crippen LogP contribution >= 0.6 is 0 Å². The number of hydrogen-bond donors (Lipinski definition) is 3. The number of hydrogen-bond acceptors (Lipinski definition) is 6. The summed E-state index contributed by atoms with van der Waals surface area (Å²) < 4.78 is 0. The minimum absolute atomic E-state index is 0.00906. The second-order valence-corrected chi connectivity index (χ2v) is 4.35. The lowest BCUT2D eigenvalue weighted by molar-refractivity contribution is -0.119. The van der Waals surface area contributed by atoms with Gasteiger partial charge in [-0.25, -0.2) is 4.98 Å². The summed E-state index contributed by atoms with van der Waals surface area (Å²) in [6.07, 6.45) is 2.47. The molecule has 1 amide bonds. The third-order valence-corrected chi connectivity index (χ3v) is 3.05. The Kier molecular flexibility index (Phi) is 2.90. The van der Waals surface area contributed by atoms with Crippen LogP contribution in [0.25, 0.3) is 11.2 Å². The van der Waals surface area contributed by atoms with Gasteiger partial charge in [-0.3, -0.25) is 4.79 Å². The van der Waals surface area contributed by atoms with Crippen molar-refractivity contribution in [2.24, 2.45) is 0 Å². The highest BCUT2D eigenvalue weighted by atomic mass is 16.2. The fourth-order valence-corrected chi connectivity index (χ4v) is 2.15. The van der Waals surface area contributed by atoms with Crippen molar-refractivity contribution < 1.29 is 4.79 Å². The largest absolute Gasteiger partial charge is 0.357 e. The van der Waals surface area contributed by atoms with Crippen molar-refractivity contribution in [3.8, 4) is 0 Å². The standard InChI is InChI=1S/C11H15N7O/c1-12-11-16-9-8(14-6-15-9)10(17-11)18-4-2-3-13-7(19)5-18/h6H,2-5H2,1H3,(H,13,19)(H2,12,14,15,16,17). The van der Waals surface area contributed by atoms with Crippen LogP contribution in [0.5, 0.6) is 0 Å². The van der Waals surface area contributed by atoms with Crippen molar-refractivity contribution in [1.82, 2.24) is 25.3 Å². The van der Waals surface area contributed by atoms with Crippen molar-refractivity contribution in [2.75, 3.05) is 36.9 Å². The van der Waals surface area contributed by atoms with Gasteiger partial charge in [0.05, 0.1) is 12.9 Å². The van der Waals surface area contributed by atoms with Crippen molar-refractivity contribution in [3.05, 3.63) is 6.33 Å². The van der Waals surface area contributed by atoms with E-state index in [0.717, 1.165) is 18.5 Å². The minimum atomic E-state index is 0.00906. The first-order valence-corrected chi connectivity index (χ1v) is 6.18. The summed E-state index contributed by atoms with van der Waals surface area (Å²) in [5.74, 6) is 1.22. The van der Waals surface area contributed by atoms with Gasteiger partial charge in [0.1, 0.15) is 5.52 Å². The van der Waals surface area contributed by atoms with Gasteiger partial charge < -0.3 is 20.5 Å². The van der Waals surface area contributed by atoms with Gasteiger partial charge >= 0.3 is 0 Å². The molecule has 0 unspecified atom stereocenters. The predicted octanol–water partition coefficient (Wildman–Crippen LogP) is -0.279. The van der Waals surface area contributed by atoms with Crippen molar-refractivity contribution in [3.63, 3.8) is 0 Å². The van der Waals surface area contributed by atoms with Gasteiger partial charge in [0.15, 0.2) is 11.5 Å². The van der Waals surface area contributed by atoms with E-state index in [1.54, 1.807) is 13.4 Å². The molecule has 8 nitrogen and oxygen atoms in total. The van der Waals surface area contributed by atoms with Gasteiger partial charge in [-0.15, -0.1) is 0 Å². The number of carbonyl (C=O) groups is 1. The van der Waals surface area contributed by atoms with E-state index in [4.69, 9.17) is 0 Å². The fraction of sp³-hybridized carbons (Fsp3) is 0.455. The van der Waals surface area contributed by atoms with E-state index >= 15 is 0 Å². The number of amides is 1. The number of nitrogens with one attached hydrogen (secondary N) is 3. The van der Waals surface area contributed by atoms with Crippen LogP contribution in [0.15, 0.2) is 6.33 Å². The summed E-state index contributed by atoms with van der Waals surface area (Å²) in [6.45, 7) is 1.77. The number of nitrogens with zero attached hydrogens (tertiary/aromatic N) is 4. The highest BCUT2D eigenvalue weighted by Crippen LogP contribution is 2.23. The van der Waals surface area contributed by atoms with Gasteiger partial charge in [-0.1, -0.05) is 0 Å². The normalized spacial score (nSPS) is 16.3. The molecule has 0 saturated carbocycles. The summed E-state index contributed by atoms with van der Waals surface area (Å²) in [5, 5.41) is 5.76. The van der Waals surface area contributed by atoms with Gasteiger partial charge in [0.2, 0.25) is 11.9 Å². The number of fused-ring (bicyclic) bond motifs is 1. The van der Waals surface area contributed by atoms with Crippen LogP contribution in [0.4, 0.5) is 11.8 Å². The lowest BCUT2D eigenvalue weighted by atomic mass is 10.3. The highest BCUT2D eigenvalue weighted by molar-refractivity contribution is 5.88. The third-order valence-electron chi connectivity index (χ3n) is 3.05. The number of aromatic amines is 1. The van der Waals surface area contributed by atoms with E-state index in [2.05, 4.69) is 30.6 Å². The first kappa shape index (κ1) is 11.7. The number of H-pyrrole nitrogens is 1. The Morgan fingerprint density at radius 2 is 2.32 bits per heavy atom. The molecule has 8 heteroatoms. The molecule has 3 rings (SSSR count). The highest BCUT2D eigenvalue weighted by Gasteiger charge is 2.20. The first-order valence-electron chi connectivity index (χ1n) is 6.18. The van der Waals surface area contributed by atoms with Crippen LogP contribution < -0.4 is 15.5 Å². The number of imidazole rings is 1. The molecular formula is C11H15N7O.